The number of carbonyl (C=O) groups is 1. The minimum absolute atomic E-state index is 0.287. The highest BCUT2D eigenvalue weighted by atomic mass is 35.5. The molecule has 2 aromatic carbocycles. The summed E-state index contributed by atoms with van der Waals surface area (Å²) in [5.41, 5.74) is 3.45. The second-order valence-corrected chi connectivity index (χ2v) is 6.54. The lowest BCUT2D eigenvalue weighted by Gasteiger charge is -2.14. The molecule has 0 saturated heterocycles. The largest absolute Gasteiger partial charge is 0.493 e. The molecule has 27 heavy (non-hydrogen) atoms. The Labute approximate surface area is 165 Å². The molecule has 1 aromatic heterocycles. The molecule has 0 aliphatic carbocycles. The Morgan fingerprint density at radius 1 is 1.19 bits per heavy atom. The SMILES string of the molecule is COc1cc(C(=O)Nc2ccccc2OCc2cscn2)cc(Cl)c1OC. The molecule has 3 aromatic rings. The quantitative estimate of drug-likeness (QED) is 0.621. The van der Waals surface area contributed by atoms with E-state index in [2.05, 4.69) is 10.3 Å². The maximum absolute atomic E-state index is 12.7. The number of amides is 1. The van der Waals surface area contributed by atoms with Gasteiger partial charge >= 0.3 is 0 Å². The van der Waals surface area contributed by atoms with Crippen LogP contribution < -0.4 is 19.5 Å². The van der Waals surface area contributed by atoms with E-state index in [1.54, 1.807) is 23.7 Å². The van der Waals surface area contributed by atoms with Gasteiger partial charge in [-0.2, -0.15) is 0 Å². The summed E-state index contributed by atoms with van der Waals surface area (Å²) in [6, 6.07) is 10.3. The number of carbonyl (C=O) groups excluding carboxylic acids is 1. The summed E-state index contributed by atoms with van der Waals surface area (Å²) < 4.78 is 16.2. The van der Waals surface area contributed by atoms with Gasteiger partial charge in [-0.15, -0.1) is 11.3 Å². The van der Waals surface area contributed by atoms with E-state index < -0.39 is 0 Å². The molecule has 0 aliphatic heterocycles. The van der Waals surface area contributed by atoms with E-state index >= 15 is 0 Å². The number of halogens is 1. The van der Waals surface area contributed by atoms with E-state index in [1.807, 2.05) is 17.5 Å². The molecule has 3 rings (SSSR count). The molecule has 0 aliphatic rings. The molecule has 0 atom stereocenters. The van der Waals surface area contributed by atoms with Gasteiger partial charge < -0.3 is 19.5 Å². The van der Waals surface area contributed by atoms with Crippen LogP contribution in [0.1, 0.15) is 16.1 Å². The molecule has 140 valence electrons. The maximum Gasteiger partial charge on any atom is 0.255 e. The number of thiazole rings is 1. The summed E-state index contributed by atoms with van der Waals surface area (Å²) in [7, 11) is 2.97. The van der Waals surface area contributed by atoms with Crippen molar-refractivity contribution < 1.29 is 19.0 Å². The van der Waals surface area contributed by atoms with Crippen molar-refractivity contribution in [1.29, 1.82) is 0 Å². The van der Waals surface area contributed by atoms with E-state index in [9.17, 15) is 4.79 Å². The van der Waals surface area contributed by atoms with Crippen LogP contribution in [-0.2, 0) is 6.61 Å². The van der Waals surface area contributed by atoms with Gasteiger partial charge in [0.2, 0.25) is 0 Å². The lowest BCUT2D eigenvalue weighted by molar-refractivity contribution is 0.102. The lowest BCUT2D eigenvalue weighted by atomic mass is 10.1. The predicted molar refractivity (Wildman–Crippen MR) is 105 cm³/mol. The molecule has 1 N–H and O–H groups in total. The van der Waals surface area contributed by atoms with Crippen molar-refractivity contribution >= 4 is 34.5 Å². The molecular formula is C19H17ClN2O4S. The normalized spacial score (nSPS) is 10.3. The van der Waals surface area contributed by atoms with Crippen LogP contribution in [0.5, 0.6) is 17.2 Å². The number of anilines is 1. The third-order valence-corrected chi connectivity index (χ3v) is 4.61. The minimum Gasteiger partial charge on any atom is -0.493 e. The second kappa shape index (κ2) is 8.75. The van der Waals surface area contributed by atoms with Crippen LogP contribution in [0.25, 0.3) is 0 Å². The number of methoxy groups -OCH3 is 2. The van der Waals surface area contributed by atoms with Crippen LogP contribution in [0.3, 0.4) is 0 Å². The molecule has 0 spiro atoms. The van der Waals surface area contributed by atoms with Crippen LogP contribution in [0.15, 0.2) is 47.3 Å². The molecule has 0 radical (unpaired) electrons. The second-order valence-electron chi connectivity index (χ2n) is 5.41. The van der Waals surface area contributed by atoms with E-state index in [-0.39, 0.29) is 10.9 Å². The van der Waals surface area contributed by atoms with E-state index in [1.165, 1.54) is 31.6 Å². The highest BCUT2D eigenvalue weighted by molar-refractivity contribution is 7.07. The van der Waals surface area contributed by atoms with Crippen molar-refractivity contribution in [2.75, 3.05) is 19.5 Å². The fourth-order valence-electron chi connectivity index (χ4n) is 2.40. The Morgan fingerprint density at radius 3 is 2.70 bits per heavy atom. The maximum atomic E-state index is 12.7. The monoisotopic (exact) mass is 404 g/mol. The number of ether oxygens (including phenoxy) is 3. The van der Waals surface area contributed by atoms with Crippen LogP contribution in [0, 0.1) is 0 Å². The molecule has 0 saturated carbocycles. The fourth-order valence-corrected chi connectivity index (χ4v) is 3.23. The van der Waals surface area contributed by atoms with Gasteiger partial charge in [0.25, 0.3) is 5.91 Å². The number of rotatable bonds is 7. The summed E-state index contributed by atoms with van der Waals surface area (Å²) in [4.78, 5) is 16.9. The van der Waals surface area contributed by atoms with Crippen LogP contribution in [-0.4, -0.2) is 25.1 Å². The lowest BCUT2D eigenvalue weighted by Crippen LogP contribution is -2.13. The smallest absolute Gasteiger partial charge is 0.255 e. The topological polar surface area (TPSA) is 69.7 Å². The first-order valence-corrected chi connectivity index (χ1v) is 9.26. The van der Waals surface area contributed by atoms with Crippen LogP contribution >= 0.6 is 22.9 Å². The Hall–Kier alpha value is -2.77. The van der Waals surface area contributed by atoms with E-state index in [0.717, 1.165) is 5.69 Å². The number of para-hydroxylation sites is 2. The zero-order valence-corrected chi connectivity index (χ0v) is 16.3. The number of benzene rings is 2. The van der Waals surface area contributed by atoms with Crippen molar-refractivity contribution in [1.82, 2.24) is 4.98 Å². The van der Waals surface area contributed by atoms with Gasteiger partial charge in [0.05, 0.1) is 36.1 Å². The highest BCUT2D eigenvalue weighted by Crippen LogP contribution is 2.36. The Balaban J connectivity index is 1.79. The molecule has 0 unspecified atom stereocenters. The molecule has 8 heteroatoms. The number of nitrogens with zero attached hydrogens (tertiary/aromatic N) is 1. The van der Waals surface area contributed by atoms with Gasteiger partial charge in [-0.3, -0.25) is 4.79 Å². The minimum atomic E-state index is -0.345. The highest BCUT2D eigenvalue weighted by Gasteiger charge is 2.16. The molecule has 1 amide bonds. The predicted octanol–water partition coefficient (Wildman–Crippen LogP) is 4.65. The van der Waals surface area contributed by atoms with Gasteiger partial charge in [-0.25, -0.2) is 4.98 Å². The fraction of sp³-hybridized carbons (Fsp3) is 0.158. The van der Waals surface area contributed by atoms with Gasteiger partial charge in [-0.05, 0) is 24.3 Å². The Morgan fingerprint density at radius 2 is 2.00 bits per heavy atom. The molecule has 0 bridgehead atoms. The van der Waals surface area contributed by atoms with Crippen LogP contribution in [0.2, 0.25) is 5.02 Å². The van der Waals surface area contributed by atoms with E-state index in [4.69, 9.17) is 25.8 Å². The first kappa shape index (κ1) is 19.0. The van der Waals surface area contributed by atoms with Crippen LogP contribution in [0.4, 0.5) is 5.69 Å². The first-order chi connectivity index (χ1) is 13.1. The standard InChI is InChI=1S/C19H17ClN2O4S/c1-24-17-8-12(7-14(20)18(17)25-2)19(23)22-15-5-3-4-6-16(15)26-9-13-10-27-11-21-13/h3-8,10-11H,9H2,1-2H3,(H,22,23). The summed E-state index contributed by atoms with van der Waals surface area (Å²) in [5.74, 6) is 0.957. The zero-order valence-electron chi connectivity index (χ0n) is 14.7. The van der Waals surface area contributed by atoms with Crippen molar-refractivity contribution in [3.8, 4) is 17.2 Å². The van der Waals surface area contributed by atoms with Crippen molar-refractivity contribution in [3.63, 3.8) is 0 Å². The Bertz CT molecular complexity index is 931. The average molecular weight is 405 g/mol. The number of hydrogen-bond acceptors (Lipinski definition) is 6. The zero-order chi connectivity index (χ0) is 19.2. The van der Waals surface area contributed by atoms with Gasteiger partial charge in [0, 0.05) is 10.9 Å². The number of hydrogen-bond donors (Lipinski definition) is 1. The van der Waals surface area contributed by atoms with Crippen molar-refractivity contribution in [2.45, 2.75) is 6.61 Å². The molecular weight excluding hydrogens is 388 g/mol. The van der Waals surface area contributed by atoms with E-state index in [0.29, 0.717) is 35.1 Å². The average Bonchev–Trinajstić information content (AvgIpc) is 3.20. The summed E-state index contributed by atoms with van der Waals surface area (Å²) in [6.07, 6.45) is 0. The Kier molecular flexibility index (Phi) is 6.16. The molecule has 1 heterocycles. The first-order valence-electron chi connectivity index (χ1n) is 7.94. The third-order valence-electron chi connectivity index (χ3n) is 3.69. The third kappa shape index (κ3) is 4.50. The molecule has 6 nitrogen and oxygen atoms in total. The summed E-state index contributed by atoms with van der Waals surface area (Å²) >= 11 is 7.68. The van der Waals surface area contributed by atoms with Gasteiger partial charge in [0.1, 0.15) is 12.4 Å². The molecule has 0 fully saturated rings. The number of nitrogens with one attached hydrogen (secondary N) is 1. The summed E-state index contributed by atoms with van der Waals surface area (Å²) in [6.45, 7) is 0.318. The van der Waals surface area contributed by atoms with Gasteiger partial charge in [0.15, 0.2) is 11.5 Å². The van der Waals surface area contributed by atoms with Gasteiger partial charge in [-0.1, -0.05) is 23.7 Å². The van der Waals surface area contributed by atoms with Crippen molar-refractivity contribution in [3.05, 3.63) is 63.6 Å². The number of aromatic nitrogens is 1. The van der Waals surface area contributed by atoms with Crippen molar-refractivity contribution in [2.24, 2.45) is 0 Å². The summed E-state index contributed by atoms with van der Waals surface area (Å²) in [5, 5.41) is 5.03.